The van der Waals surface area contributed by atoms with Gasteiger partial charge in [-0.1, -0.05) is 91.0 Å². The lowest BCUT2D eigenvalue weighted by Crippen LogP contribution is -2.35. The summed E-state index contributed by atoms with van der Waals surface area (Å²) in [5.41, 5.74) is 4.14. The van der Waals surface area contributed by atoms with Crippen LogP contribution < -0.4 is 4.90 Å². The first-order valence-electron chi connectivity index (χ1n) is 10.6. The number of para-hydroxylation sites is 1. The second-order valence-electron chi connectivity index (χ2n) is 7.69. The molecule has 2 atom stereocenters. The summed E-state index contributed by atoms with van der Waals surface area (Å²) in [5, 5.41) is 0.251. The lowest BCUT2D eigenvalue weighted by Gasteiger charge is -2.32. The molecular weight excluding hydrogens is 398 g/mol. The lowest BCUT2D eigenvalue weighted by atomic mass is 9.95. The van der Waals surface area contributed by atoms with Crippen LogP contribution in [0, 0.1) is 0 Å². The van der Waals surface area contributed by atoms with Gasteiger partial charge in [0.15, 0.2) is 0 Å². The van der Waals surface area contributed by atoms with Gasteiger partial charge in [-0.15, -0.1) is 11.8 Å². The third-order valence-electron chi connectivity index (χ3n) is 5.74. The van der Waals surface area contributed by atoms with Gasteiger partial charge in [-0.05, 0) is 41.8 Å². The number of carbonyl (C=O) groups excluding carboxylic acids is 1. The van der Waals surface area contributed by atoms with Gasteiger partial charge in [0, 0.05) is 15.7 Å². The molecule has 0 aliphatic carbocycles. The Balaban J connectivity index is 1.68. The smallest absolute Gasteiger partial charge is 0.258 e. The average Bonchev–Trinajstić information content (AvgIpc) is 3.02. The van der Waals surface area contributed by atoms with E-state index in [0.29, 0.717) is 5.56 Å². The molecule has 0 fully saturated rings. The monoisotopic (exact) mass is 421 g/mol. The third-order valence-corrected chi connectivity index (χ3v) is 7.09. The van der Waals surface area contributed by atoms with E-state index in [1.807, 2.05) is 59.1 Å². The quantitative estimate of drug-likeness (QED) is 0.346. The maximum absolute atomic E-state index is 13.9. The number of carbonyl (C=O) groups is 1. The standard InChI is InChI=1S/C28H23NOS/c30-28(23-16-8-3-9-17-23)29-24-18-10-11-19-26(24)31-27(22-14-6-2-7-15-22)20-25(29)21-12-4-1-5-13-21/h1-19,25,27H,20H2/t25-,27-/m1/s1. The minimum absolute atomic E-state index is 0.0382. The van der Waals surface area contributed by atoms with Crippen LogP contribution in [0.5, 0.6) is 0 Å². The molecule has 0 saturated heterocycles. The summed E-state index contributed by atoms with van der Waals surface area (Å²) in [4.78, 5) is 17.0. The third kappa shape index (κ3) is 4.01. The van der Waals surface area contributed by atoms with E-state index in [4.69, 9.17) is 0 Å². The molecular formula is C28H23NOS. The maximum atomic E-state index is 13.9. The van der Waals surface area contributed by atoms with Gasteiger partial charge in [0.25, 0.3) is 5.91 Å². The van der Waals surface area contributed by atoms with Crippen molar-refractivity contribution in [3.8, 4) is 0 Å². The molecule has 152 valence electrons. The highest BCUT2D eigenvalue weighted by atomic mass is 32.2. The van der Waals surface area contributed by atoms with Crippen molar-refractivity contribution in [1.82, 2.24) is 0 Å². The summed E-state index contributed by atoms with van der Waals surface area (Å²) >= 11 is 1.85. The molecule has 0 bridgehead atoms. The first-order valence-corrected chi connectivity index (χ1v) is 11.4. The van der Waals surface area contributed by atoms with Crippen molar-refractivity contribution in [3.05, 3.63) is 132 Å². The van der Waals surface area contributed by atoms with Gasteiger partial charge in [0.05, 0.1) is 11.7 Å². The predicted molar refractivity (Wildman–Crippen MR) is 129 cm³/mol. The van der Waals surface area contributed by atoms with Crippen molar-refractivity contribution in [2.45, 2.75) is 22.6 Å². The summed E-state index contributed by atoms with van der Waals surface area (Å²) in [5.74, 6) is 0.0382. The van der Waals surface area contributed by atoms with Crippen molar-refractivity contribution >= 4 is 23.4 Å². The molecule has 1 aliphatic rings. The fraction of sp³-hybridized carbons (Fsp3) is 0.107. The molecule has 0 spiro atoms. The zero-order valence-corrected chi connectivity index (χ0v) is 17.9. The molecule has 0 aromatic heterocycles. The topological polar surface area (TPSA) is 20.3 Å². The van der Waals surface area contributed by atoms with Gasteiger partial charge >= 0.3 is 0 Å². The van der Waals surface area contributed by atoms with Gasteiger partial charge in [-0.2, -0.15) is 0 Å². The van der Waals surface area contributed by atoms with E-state index in [-0.39, 0.29) is 17.2 Å². The Bertz CT molecular complexity index is 1160. The van der Waals surface area contributed by atoms with Gasteiger partial charge in [0.1, 0.15) is 0 Å². The molecule has 4 aromatic rings. The number of thioether (sulfide) groups is 1. The summed E-state index contributed by atoms with van der Waals surface area (Å²) in [7, 11) is 0. The lowest BCUT2D eigenvalue weighted by molar-refractivity contribution is 0.0974. The second kappa shape index (κ2) is 8.83. The molecule has 3 heteroatoms. The van der Waals surface area contributed by atoms with Crippen molar-refractivity contribution in [1.29, 1.82) is 0 Å². The van der Waals surface area contributed by atoms with Crippen LogP contribution in [0.2, 0.25) is 0 Å². The van der Waals surface area contributed by atoms with E-state index in [0.717, 1.165) is 22.6 Å². The van der Waals surface area contributed by atoms with Crippen LogP contribution in [0.1, 0.15) is 39.2 Å². The number of nitrogens with zero attached hydrogens (tertiary/aromatic N) is 1. The van der Waals surface area contributed by atoms with Crippen LogP contribution in [-0.4, -0.2) is 5.91 Å². The Kier molecular flexibility index (Phi) is 5.59. The highest BCUT2D eigenvalue weighted by Gasteiger charge is 2.35. The Hall–Kier alpha value is -3.30. The van der Waals surface area contributed by atoms with E-state index in [9.17, 15) is 4.79 Å². The fourth-order valence-corrected chi connectivity index (χ4v) is 5.56. The first-order chi connectivity index (χ1) is 15.3. The molecule has 2 nitrogen and oxygen atoms in total. The Morgan fingerprint density at radius 1 is 0.677 bits per heavy atom. The summed E-state index contributed by atoms with van der Waals surface area (Å²) in [6.07, 6.45) is 0.839. The molecule has 4 aromatic carbocycles. The molecule has 0 N–H and O–H groups in total. The summed E-state index contributed by atoms with van der Waals surface area (Å²) < 4.78 is 0. The molecule has 1 aliphatic heterocycles. The zero-order chi connectivity index (χ0) is 21.0. The normalized spacial score (nSPS) is 18.1. The van der Waals surface area contributed by atoms with Crippen molar-refractivity contribution in [3.63, 3.8) is 0 Å². The van der Waals surface area contributed by atoms with Crippen LogP contribution in [0.4, 0.5) is 5.69 Å². The number of hydrogen-bond donors (Lipinski definition) is 0. The minimum atomic E-state index is -0.0599. The van der Waals surface area contributed by atoms with E-state index in [1.54, 1.807) is 0 Å². The molecule has 1 heterocycles. The van der Waals surface area contributed by atoms with Gasteiger partial charge in [0.2, 0.25) is 0 Å². The summed E-state index contributed by atoms with van der Waals surface area (Å²) in [6.45, 7) is 0. The first kappa shape index (κ1) is 19.7. The molecule has 5 rings (SSSR count). The zero-order valence-electron chi connectivity index (χ0n) is 17.1. The highest BCUT2D eigenvalue weighted by molar-refractivity contribution is 7.99. The molecule has 1 amide bonds. The molecule has 0 saturated carbocycles. The van der Waals surface area contributed by atoms with Gasteiger partial charge in [-0.25, -0.2) is 0 Å². The molecule has 0 radical (unpaired) electrons. The van der Waals surface area contributed by atoms with E-state index < -0.39 is 0 Å². The number of rotatable bonds is 3. The predicted octanol–water partition coefficient (Wildman–Crippen LogP) is 7.31. The van der Waals surface area contributed by atoms with E-state index in [1.165, 1.54) is 5.56 Å². The second-order valence-corrected chi connectivity index (χ2v) is 8.93. The van der Waals surface area contributed by atoms with Crippen LogP contribution in [0.15, 0.2) is 120 Å². The number of amides is 1. The van der Waals surface area contributed by atoms with Crippen LogP contribution in [0.25, 0.3) is 0 Å². The van der Waals surface area contributed by atoms with Gasteiger partial charge in [-0.3, -0.25) is 9.69 Å². The van der Waals surface area contributed by atoms with Crippen LogP contribution in [-0.2, 0) is 0 Å². The van der Waals surface area contributed by atoms with Crippen molar-refractivity contribution in [2.75, 3.05) is 4.90 Å². The van der Waals surface area contributed by atoms with Crippen molar-refractivity contribution in [2.24, 2.45) is 0 Å². The Morgan fingerprint density at radius 2 is 1.23 bits per heavy atom. The average molecular weight is 422 g/mol. The molecule has 0 unspecified atom stereocenters. The van der Waals surface area contributed by atoms with E-state index >= 15 is 0 Å². The summed E-state index contributed by atoms with van der Waals surface area (Å²) in [6, 6.07) is 38.9. The Morgan fingerprint density at radius 3 is 1.90 bits per heavy atom. The number of fused-ring (bicyclic) bond motifs is 1. The highest BCUT2D eigenvalue weighted by Crippen LogP contribution is 2.51. The number of anilines is 1. The fourth-order valence-electron chi connectivity index (χ4n) is 4.24. The SMILES string of the molecule is O=C(c1ccccc1)N1c2ccccc2S[C@@H](c2ccccc2)C[C@@H]1c1ccccc1. The van der Waals surface area contributed by atoms with Crippen LogP contribution in [0.3, 0.4) is 0 Å². The Labute approximate surface area is 187 Å². The van der Waals surface area contributed by atoms with E-state index in [2.05, 4.69) is 72.8 Å². The molecule has 31 heavy (non-hydrogen) atoms. The van der Waals surface area contributed by atoms with Gasteiger partial charge < -0.3 is 0 Å². The van der Waals surface area contributed by atoms with Crippen LogP contribution >= 0.6 is 11.8 Å². The minimum Gasteiger partial charge on any atom is -0.300 e. The largest absolute Gasteiger partial charge is 0.300 e. The van der Waals surface area contributed by atoms with Crippen molar-refractivity contribution < 1.29 is 4.79 Å². The number of benzene rings is 4. The number of hydrogen-bond acceptors (Lipinski definition) is 2. The maximum Gasteiger partial charge on any atom is 0.258 e.